The summed E-state index contributed by atoms with van der Waals surface area (Å²) in [6.45, 7) is 0. The molecule has 1 atom stereocenters. The van der Waals surface area contributed by atoms with Gasteiger partial charge in [0.2, 0.25) is 0 Å². The van der Waals surface area contributed by atoms with Crippen molar-refractivity contribution in [3.05, 3.63) is 223 Å². The summed E-state index contributed by atoms with van der Waals surface area (Å²) in [5.41, 5.74) is 14.7. The van der Waals surface area contributed by atoms with Crippen molar-refractivity contribution in [2.24, 2.45) is 0 Å². The zero-order chi connectivity index (χ0) is 37.7. The van der Waals surface area contributed by atoms with Crippen molar-refractivity contribution in [2.45, 2.75) is 12.3 Å². The van der Waals surface area contributed by atoms with E-state index in [1.54, 1.807) is 0 Å². The second-order valence-electron chi connectivity index (χ2n) is 14.9. The van der Waals surface area contributed by atoms with Gasteiger partial charge in [-0.05, 0) is 95.4 Å². The Morgan fingerprint density at radius 3 is 1.88 bits per heavy atom. The highest BCUT2D eigenvalue weighted by molar-refractivity contribution is 6.11. The van der Waals surface area contributed by atoms with Crippen LogP contribution < -0.4 is 4.90 Å². The van der Waals surface area contributed by atoms with Crippen LogP contribution in [-0.4, -0.2) is 4.57 Å². The highest BCUT2D eigenvalue weighted by Gasteiger charge is 2.19. The first kappa shape index (κ1) is 33.0. The van der Waals surface area contributed by atoms with Crippen molar-refractivity contribution in [2.75, 3.05) is 4.90 Å². The Morgan fingerprint density at radius 1 is 0.491 bits per heavy atom. The number of hydrogen-bond acceptors (Lipinski definition) is 2. The maximum Gasteiger partial charge on any atom is 0.143 e. The summed E-state index contributed by atoms with van der Waals surface area (Å²) in [6, 6.07) is 69.7. The Kier molecular flexibility index (Phi) is 7.96. The van der Waals surface area contributed by atoms with Crippen LogP contribution in [0.25, 0.3) is 66.1 Å². The van der Waals surface area contributed by atoms with Crippen molar-refractivity contribution in [3.8, 4) is 16.8 Å². The molecular weight excluding hydrogens is 693 g/mol. The minimum Gasteiger partial charge on any atom is -0.455 e. The van der Waals surface area contributed by atoms with E-state index in [2.05, 4.69) is 210 Å². The van der Waals surface area contributed by atoms with Gasteiger partial charge in [0, 0.05) is 55.8 Å². The van der Waals surface area contributed by atoms with Gasteiger partial charge in [-0.1, -0.05) is 146 Å². The molecule has 0 N–H and O–H groups in total. The zero-order valence-electron chi connectivity index (χ0n) is 31.3. The topological polar surface area (TPSA) is 21.3 Å². The summed E-state index contributed by atoms with van der Waals surface area (Å²) in [5.74, 6) is 0.411. The molecule has 0 fully saturated rings. The molecule has 0 saturated carbocycles. The lowest BCUT2D eigenvalue weighted by Crippen LogP contribution is -2.10. The molecule has 57 heavy (non-hydrogen) atoms. The molecule has 0 bridgehead atoms. The Labute approximate surface area is 331 Å². The van der Waals surface area contributed by atoms with Gasteiger partial charge in [0.05, 0.1) is 11.0 Å². The normalized spacial score (nSPS) is 14.1. The molecule has 0 saturated heterocycles. The quantitative estimate of drug-likeness (QED) is 0.163. The number of aromatic nitrogens is 1. The number of furan rings is 1. The fraction of sp³-hybridized carbons (Fsp3) is 0.0370. The summed E-state index contributed by atoms with van der Waals surface area (Å²) >= 11 is 0. The van der Waals surface area contributed by atoms with Gasteiger partial charge in [-0.2, -0.15) is 0 Å². The fourth-order valence-corrected chi connectivity index (χ4v) is 8.75. The van der Waals surface area contributed by atoms with Crippen LogP contribution in [0.2, 0.25) is 0 Å². The molecule has 0 spiro atoms. The predicted molar refractivity (Wildman–Crippen MR) is 239 cm³/mol. The van der Waals surface area contributed by atoms with E-state index in [1.807, 2.05) is 12.1 Å². The van der Waals surface area contributed by atoms with Crippen LogP contribution in [0.1, 0.15) is 23.5 Å². The largest absolute Gasteiger partial charge is 0.455 e. The van der Waals surface area contributed by atoms with E-state index in [9.17, 15) is 0 Å². The summed E-state index contributed by atoms with van der Waals surface area (Å²) in [6.07, 6.45) is 8.00. The SMILES string of the molecule is C1=CC(c2ccccc2)CC=C1c1ccc(N(c2ccc(-c3cccc4c3oc3ccccc34)cc2)c2ccc3c(c2)c2ccccc2n3-c2ccccc2)cc1. The van der Waals surface area contributed by atoms with E-state index < -0.39 is 0 Å². The Bertz CT molecular complexity index is 3130. The molecule has 1 aliphatic carbocycles. The summed E-state index contributed by atoms with van der Waals surface area (Å²) in [7, 11) is 0. The maximum atomic E-state index is 6.43. The molecule has 3 heteroatoms. The number of allylic oxidation sites excluding steroid dienone is 4. The van der Waals surface area contributed by atoms with Crippen LogP contribution >= 0.6 is 0 Å². The smallest absolute Gasteiger partial charge is 0.143 e. The lowest BCUT2D eigenvalue weighted by Gasteiger charge is -2.26. The number of anilines is 3. The first-order valence-electron chi connectivity index (χ1n) is 19.7. The van der Waals surface area contributed by atoms with Crippen molar-refractivity contribution in [3.63, 3.8) is 0 Å². The van der Waals surface area contributed by atoms with Crippen molar-refractivity contribution >= 4 is 66.4 Å². The molecular formula is C54H38N2O. The molecule has 1 unspecified atom stereocenters. The van der Waals surface area contributed by atoms with E-state index in [0.29, 0.717) is 5.92 Å². The number of benzene rings is 8. The maximum absolute atomic E-state index is 6.43. The monoisotopic (exact) mass is 730 g/mol. The van der Waals surface area contributed by atoms with E-state index >= 15 is 0 Å². The average molecular weight is 731 g/mol. The Balaban J connectivity index is 1.01. The summed E-state index contributed by atoms with van der Waals surface area (Å²) in [4.78, 5) is 2.37. The number of fused-ring (bicyclic) bond motifs is 6. The Hall–Kier alpha value is -7.36. The van der Waals surface area contributed by atoms with Gasteiger partial charge < -0.3 is 13.9 Å². The molecule has 11 rings (SSSR count). The van der Waals surface area contributed by atoms with Crippen LogP contribution in [0.5, 0.6) is 0 Å². The lowest BCUT2D eigenvalue weighted by molar-refractivity contribution is 0.670. The predicted octanol–water partition coefficient (Wildman–Crippen LogP) is 14.9. The molecule has 0 amide bonds. The molecule has 0 radical (unpaired) electrons. The summed E-state index contributed by atoms with van der Waals surface area (Å²) < 4.78 is 8.80. The molecule has 0 aliphatic heterocycles. The molecule has 270 valence electrons. The average Bonchev–Trinajstić information content (AvgIpc) is 3.84. The lowest BCUT2D eigenvalue weighted by atomic mass is 9.88. The third-order valence-electron chi connectivity index (χ3n) is 11.6. The van der Waals surface area contributed by atoms with Crippen LogP contribution in [0, 0.1) is 0 Å². The highest BCUT2D eigenvalue weighted by Crippen LogP contribution is 2.42. The third kappa shape index (κ3) is 5.75. The van der Waals surface area contributed by atoms with Crippen molar-refractivity contribution in [1.29, 1.82) is 0 Å². The third-order valence-corrected chi connectivity index (χ3v) is 11.6. The molecule has 2 aromatic heterocycles. The van der Waals surface area contributed by atoms with E-state index in [0.717, 1.165) is 62.2 Å². The van der Waals surface area contributed by atoms with Gasteiger partial charge in [0.15, 0.2) is 0 Å². The zero-order valence-corrected chi connectivity index (χ0v) is 31.3. The van der Waals surface area contributed by atoms with E-state index in [1.165, 1.54) is 38.5 Å². The van der Waals surface area contributed by atoms with Gasteiger partial charge in [-0.25, -0.2) is 0 Å². The summed E-state index contributed by atoms with van der Waals surface area (Å²) in [5, 5.41) is 4.72. The van der Waals surface area contributed by atoms with Crippen molar-refractivity contribution < 1.29 is 4.42 Å². The van der Waals surface area contributed by atoms with Gasteiger partial charge in [-0.15, -0.1) is 0 Å². The van der Waals surface area contributed by atoms with Gasteiger partial charge in [-0.3, -0.25) is 0 Å². The minimum atomic E-state index is 0.411. The minimum absolute atomic E-state index is 0.411. The molecule has 2 heterocycles. The van der Waals surface area contributed by atoms with E-state index in [-0.39, 0.29) is 0 Å². The Morgan fingerprint density at radius 2 is 1.12 bits per heavy atom. The number of hydrogen-bond donors (Lipinski definition) is 0. The van der Waals surface area contributed by atoms with Gasteiger partial charge in [0.1, 0.15) is 11.2 Å². The first-order valence-corrected chi connectivity index (χ1v) is 19.7. The van der Waals surface area contributed by atoms with E-state index in [4.69, 9.17) is 4.42 Å². The van der Waals surface area contributed by atoms with Gasteiger partial charge in [0.25, 0.3) is 0 Å². The number of nitrogens with zero attached hydrogens (tertiary/aromatic N) is 2. The molecule has 8 aromatic carbocycles. The molecule has 10 aromatic rings. The van der Waals surface area contributed by atoms with Gasteiger partial charge >= 0.3 is 0 Å². The second-order valence-corrected chi connectivity index (χ2v) is 14.9. The first-order chi connectivity index (χ1) is 28.3. The van der Waals surface area contributed by atoms with Crippen LogP contribution in [0.15, 0.2) is 217 Å². The standard InChI is InChI=1S/C54H38N2O/c1-3-12-37(13-4-1)38-22-24-39(25-23-38)40-26-30-43(31-27-40)55(44-32-28-41(29-33-44)46-18-11-19-49-48-17-8-10-21-53(48)57-54(46)49)45-34-35-52-50(36-45)47-16-7-9-20-51(47)56(52)42-14-5-2-6-15-42/h1-22,24-36,38H,23H2. The van der Waals surface area contributed by atoms with Crippen molar-refractivity contribution in [1.82, 2.24) is 4.57 Å². The van der Waals surface area contributed by atoms with Crippen LogP contribution in [-0.2, 0) is 0 Å². The van der Waals surface area contributed by atoms with Crippen LogP contribution in [0.4, 0.5) is 17.1 Å². The second kappa shape index (κ2) is 13.7. The molecule has 3 nitrogen and oxygen atoms in total. The van der Waals surface area contributed by atoms with Crippen LogP contribution in [0.3, 0.4) is 0 Å². The number of rotatable bonds is 7. The fourth-order valence-electron chi connectivity index (χ4n) is 8.75. The molecule has 1 aliphatic rings. The number of para-hydroxylation sites is 4. The highest BCUT2D eigenvalue weighted by atomic mass is 16.3.